The summed E-state index contributed by atoms with van der Waals surface area (Å²) >= 11 is 0. The predicted molar refractivity (Wildman–Crippen MR) is 232 cm³/mol. The molecule has 0 saturated carbocycles. The summed E-state index contributed by atoms with van der Waals surface area (Å²) in [4.78, 5) is 28.6. The molecule has 0 radical (unpaired) electrons. The van der Waals surface area contributed by atoms with Crippen LogP contribution in [0.25, 0.3) is 0 Å². The molecule has 1 N–H and O–H groups in total. The number of benzene rings is 2. The van der Waals surface area contributed by atoms with Crippen molar-refractivity contribution in [2.75, 3.05) is 54.4 Å². The van der Waals surface area contributed by atoms with Crippen molar-refractivity contribution in [3.05, 3.63) is 77.0 Å². The summed E-state index contributed by atoms with van der Waals surface area (Å²) in [5.41, 5.74) is 2.20. The number of hydrogen-bond acceptors (Lipinski definition) is 4. The van der Waals surface area contributed by atoms with Crippen LogP contribution in [-0.4, -0.2) is 85.8 Å². The van der Waals surface area contributed by atoms with E-state index in [1.54, 1.807) is 14.1 Å². The third-order valence-electron chi connectivity index (χ3n) is 10.6. The highest BCUT2D eigenvalue weighted by Crippen LogP contribution is 2.40. The standard InChI is InChI=1S/C23H40N2O2.C17H26O2.C7H17N/c1-6-9-16-23(17-10-7-2,21-14-12-11-13-15-21)20-22(26)24(8-3)18-19-25(4,5)27;1-3-5-12-17(13-6-4-2,14-16(18)19)15-10-8-7-9-11-15;1-4-5-6-7-8(2)3/h11-15H,6-10,16-20H2,1-5H3;7-11H,3-6,12-14H2,1-2H3,(H,18,19);4-7H2,1-3H3. The normalized spacial score (nSPS) is 11.7. The summed E-state index contributed by atoms with van der Waals surface area (Å²) in [6.07, 6.45) is 17.8. The van der Waals surface area contributed by atoms with Gasteiger partial charge in [-0.15, -0.1) is 0 Å². The molecule has 2 rings (SSSR count). The maximum Gasteiger partial charge on any atom is 0.304 e. The molecule has 0 atom stereocenters. The van der Waals surface area contributed by atoms with E-state index in [1.165, 1.54) is 36.9 Å². The first-order chi connectivity index (χ1) is 25.7. The van der Waals surface area contributed by atoms with Gasteiger partial charge in [-0.25, -0.2) is 0 Å². The molecule has 2 aromatic carbocycles. The lowest BCUT2D eigenvalue weighted by molar-refractivity contribution is -0.839. The Hall–Kier alpha value is -2.74. The fraction of sp³-hybridized carbons (Fsp3) is 0.702. The number of hydroxylamine groups is 3. The summed E-state index contributed by atoms with van der Waals surface area (Å²) in [6.45, 7) is 15.8. The Labute approximate surface area is 333 Å². The van der Waals surface area contributed by atoms with Gasteiger partial charge in [-0.2, -0.15) is 0 Å². The molecule has 0 bridgehead atoms. The smallest absolute Gasteiger partial charge is 0.304 e. The molecule has 0 aliphatic rings. The molecule has 0 spiro atoms. The van der Waals surface area contributed by atoms with Gasteiger partial charge in [0.1, 0.15) is 0 Å². The summed E-state index contributed by atoms with van der Waals surface area (Å²) < 4.78 is -0.362. The number of carboxylic acid groups (broad SMARTS) is 1. The minimum Gasteiger partial charge on any atom is -0.633 e. The SMILES string of the molecule is CCCCC(CCCC)(CC(=O)N(CC)CC[N+](C)(C)[O-])c1ccccc1.CCCCC(CCCC)(CC(=O)O)c1ccccc1.CCCCCN(C)C. The number of quaternary nitrogens is 1. The first-order valence-electron chi connectivity index (χ1n) is 21.5. The van der Waals surface area contributed by atoms with Gasteiger partial charge in [0.2, 0.25) is 5.91 Å². The van der Waals surface area contributed by atoms with Gasteiger partial charge >= 0.3 is 5.97 Å². The average molecular weight is 754 g/mol. The van der Waals surface area contributed by atoms with Gasteiger partial charge in [0.25, 0.3) is 0 Å². The average Bonchev–Trinajstić information content (AvgIpc) is 3.14. The lowest BCUT2D eigenvalue weighted by atomic mass is 9.70. The monoisotopic (exact) mass is 754 g/mol. The fourth-order valence-corrected chi connectivity index (χ4v) is 7.22. The molecule has 0 aromatic heterocycles. The van der Waals surface area contributed by atoms with E-state index in [-0.39, 0.29) is 27.8 Å². The van der Waals surface area contributed by atoms with Crippen molar-refractivity contribution >= 4 is 11.9 Å². The van der Waals surface area contributed by atoms with E-state index in [2.05, 4.69) is 90.0 Å². The zero-order valence-electron chi connectivity index (χ0n) is 36.6. The van der Waals surface area contributed by atoms with Crippen LogP contribution in [-0.2, 0) is 20.4 Å². The molecule has 310 valence electrons. The Bertz CT molecular complexity index is 1180. The molecule has 0 aliphatic heterocycles. The molecule has 0 fully saturated rings. The molecule has 7 heteroatoms. The van der Waals surface area contributed by atoms with E-state index in [1.807, 2.05) is 36.1 Å². The highest BCUT2D eigenvalue weighted by Gasteiger charge is 2.35. The molecular weight excluding hydrogens is 671 g/mol. The number of carbonyl (C=O) groups excluding carboxylic acids is 1. The van der Waals surface area contributed by atoms with Crippen molar-refractivity contribution in [2.45, 2.75) is 162 Å². The van der Waals surface area contributed by atoms with Crippen molar-refractivity contribution < 1.29 is 19.3 Å². The van der Waals surface area contributed by atoms with Crippen LogP contribution in [0.1, 0.15) is 162 Å². The number of carboxylic acids is 1. The van der Waals surface area contributed by atoms with Crippen molar-refractivity contribution in [1.82, 2.24) is 9.80 Å². The summed E-state index contributed by atoms with van der Waals surface area (Å²) in [5, 5.41) is 21.2. The second-order valence-electron chi connectivity index (χ2n) is 16.2. The van der Waals surface area contributed by atoms with Crippen LogP contribution < -0.4 is 0 Å². The van der Waals surface area contributed by atoms with E-state index >= 15 is 0 Å². The number of nitrogens with zero attached hydrogens (tertiary/aromatic N) is 3. The minimum absolute atomic E-state index is 0.0976. The predicted octanol–water partition coefficient (Wildman–Crippen LogP) is 11.6. The Kier molecular flexibility index (Phi) is 28.0. The van der Waals surface area contributed by atoms with Gasteiger partial charge in [0.15, 0.2) is 0 Å². The molecule has 0 saturated heterocycles. The Morgan fingerprint density at radius 3 is 1.31 bits per heavy atom. The Morgan fingerprint density at radius 1 is 0.611 bits per heavy atom. The number of hydrogen-bond donors (Lipinski definition) is 1. The largest absolute Gasteiger partial charge is 0.633 e. The summed E-state index contributed by atoms with van der Waals surface area (Å²) in [6, 6.07) is 20.8. The highest BCUT2D eigenvalue weighted by atomic mass is 16.5. The van der Waals surface area contributed by atoms with Crippen LogP contribution in [0.5, 0.6) is 0 Å². The molecule has 0 aliphatic carbocycles. The van der Waals surface area contributed by atoms with Crippen molar-refractivity contribution in [3.63, 3.8) is 0 Å². The Balaban J connectivity index is 0.000000898. The maximum atomic E-state index is 13.2. The van der Waals surface area contributed by atoms with Gasteiger partial charge in [0.05, 0.1) is 33.6 Å². The van der Waals surface area contributed by atoms with E-state index < -0.39 is 5.97 Å². The second-order valence-corrected chi connectivity index (χ2v) is 16.2. The zero-order valence-corrected chi connectivity index (χ0v) is 36.6. The van der Waals surface area contributed by atoms with Crippen molar-refractivity contribution in [2.24, 2.45) is 0 Å². The van der Waals surface area contributed by atoms with Crippen LogP contribution in [0.2, 0.25) is 0 Å². The van der Waals surface area contributed by atoms with E-state index in [9.17, 15) is 19.9 Å². The Morgan fingerprint density at radius 2 is 1.00 bits per heavy atom. The number of likely N-dealkylation sites (N-methyl/N-ethyl adjacent to an activating group) is 2. The van der Waals surface area contributed by atoms with Crippen LogP contribution in [0.15, 0.2) is 60.7 Å². The van der Waals surface area contributed by atoms with E-state index in [4.69, 9.17) is 0 Å². The zero-order chi connectivity index (χ0) is 40.9. The number of unbranched alkanes of at least 4 members (excludes halogenated alkanes) is 6. The van der Waals surface area contributed by atoms with Crippen LogP contribution in [0.4, 0.5) is 0 Å². The van der Waals surface area contributed by atoms with Crippen LogP contribution in [0.3, 0.4) is 0 Å². The molecule has 1 amide bonds. The van der Waals surface area contributed by atoms with Gasteiger partial charge in [0, 0.05) is 23.8 Å². The van der Waals surface area contributed by atoms with Crippen molar-refractivity contribution in [3.8, 4) is 0 Å². The first kappa shape index (κ1) is 51.3. The third-order valence-corrected chi connectivity index (χ3v) is 10.6. The summed E-state index contributed by atoms with van der Waals surface area (Å²) in [5.74, 6) is -0.502. The van der Waals surface area contributed by atoms with E-state index in [0.29, 0.717) is 26.1 Å². The lowest BCUT2D eigenvalue weighted by Crippen LogP contribution is -2.44. The van der Waals surface area contributed by atoms with Gasteiger partial charge in [-0.3, -0.25) is 9.59 Å². The number of aliphatic carboxylic acids is 1. The lowest BCUT2D eigenvalue weighted by Gasteiger charge is -2.38. The fourth-order valence-electron chi connectivity index (χ4n) is 7.22. The first-order valence-corrected chi connectivity index (χ1v) is 21.5. The number of carbonyl (C=O) groups is 2. The minimum atomic E-state index is -0.684. The van der Waals surface area contributed by atoms with E-state index in [0.717, 1.165) is 77.0 Å². The molecule has 54 heavy (non-hydrogen) atoms. The second kappa shape index (κ2) is 29.5. The molecule has 0 heterocycles. The van der Waals surface area contributed by atoms with Gasteiger partial charge in [-0.05, 0) is 70.8 Å². The quantitative estimate of drug-likeness (QED) is 0.0587. The summed E-state index contributed by atoms with van der Waals surface area (Å²) in [7, 11) is 7.51. The number of rotatable bonds is 26. The highest BCUT2D eigenvalue weighted by molar-refractivity contribution is 5.78. The van der Waals surface area contributed by atoms with Gasteiger partial charge in [-0.1, -0.05) is 159 Å². The van der Waals surface area contributed by atoms with Crippen LogP contribution >= 0.6 is 0 Å². The molecule has 7 nitrogen and oxygen atoms in total. The molecule has 0 unspecified atom stereocenters. The maximum absolute atomic E-state index is 13.2. The van der Waals surface area contributed by atoms with Crippen LogP contribution in [0, 0.1) is 5.21 Å². The van der Waals surface area contributed by atoms with Crippen molar-refractivity contribution in [1.29, 1.82) is 0 Å². The third kappa shape index (κ3) is 22.0. The molecular formula is C47H83N3O4. The molecule has 2 aromatic rings. The number of amides is 1. The topological polar surface area (TPSA) is 83.9 Å². The van der Waals surface area contributed by atoms with Gasteiger partial charge < -0.3 is 24.8 Å².